The quantitative estimate of drug-likeness (QED) is 0.276. The van der Waals surface area contributed by atoms with Crippen LogP contribution in [0.5, 0.6) is 5.75 Å². The Bertz CT molecular complexity index is 1260. The lowest BCUT2D eigenvalue weighted by Crippen LogP contribution is -2.42. The zero-order valence-electron chi connectivity index (χ0n) is 23.9. The van der Waals surface area contributed by atoms with Crippen LogP contribution in [0.3, 0.4) is 0 Å². The Morgan fingerprint density at radius 1 is 0.976 bits per heavy atom. The fraction of sp³-hybridized carbons (Fsp3) is 0.500. The number of halogens is 1. The van der Waals surface area contributed by atoms with E-state index in [0.717, 1.165) is 67.1 Å². The topological polar surface area (TPSA) is 168 Å². The van der Waals surface area contributed by atoms with Gasteiger partial charge in [-0.05, 0) is 61.9 Å². The van der Waals surface area contributed by atoms with Gasteiger partial charge in [0.1, 0.15) is 11.6 Å². The number of aliphatic hydroxyl groups is 2. The molecule has 0 unspecified atom stereocenters. The molecule has 2 heterocycles. The first-order valence-corrected chi connectivity index (χ1v) is 13.8. The molecule has 230 valence electrons. The number of hydrogen-bond donors (Lipinski definition) is 5. The van der Waals surface area contributed by atoms with Gasteiger partial charge in [-0.3, -0.25) is 14.5 Å². The molecule has 11 nitrogen and oxygen atoms in total. The van der Waals surface area contributed by atoms with Crippen molar-refractivity contribution >= 4 is 23.6 Å². The molecule has 5 N–H and O–H groups in total. The van der Waals surface area contributed by atoms with Gasteiger partial charge < -0.3 is 35.2 Å². The molecule has 0 spiro atoms. The van der Waals surface area contributed by atoms with Crippen molar-refractivity contribution in [1.29, 1.82) is 0 Å². The monoisotopic (exact) mass is 590 g/mol. The van der Waals surface area contributed by atoms with Gasteiger partial charge in [0.25, 0.3) is 0 Å². The molecule has 0 saturated carbocycles. The highest BCUT2D eigenvalue weighted by Gasteiger charge is 2.41. The first kappa shape index (κ1) is 32.8. The molecule has 4 rings (SSSR count). The van der Waals surface area contributed by atoms with Crippen LogP contribution in [0.15, 0.2) is 36.4 Å². The number of benzene rings is 2. The number of hydrogen-bond acceptors (Lipinski definition) is 8. The summed E-state index contributed by atoms with van der Waals surface area (Å²) in [5, 5.41) is 45.0. The summed E-state index contributed by atoms with van der Waals surface area (Å²) in [6, 6.07) is 11.4. The number of methoxy groups -OCH3 is 1. The van der Waals surface area contributed by atoms with Crippen LogP contribution in [0.4, 0.5) is 10.1 Å². The number of piperidine rings is 1. The van der Waals surface area contributed by atoms with Crippen molar-refractivity contribution in [2.75, 3.05) is 38.2 Å². The first-order valence-electron chi connectivity index (χ1n) is 13.8. The van der Waals surface area contributed by atoms with Crippen molar-refractivity contribution in [2.24, 2.45) is 0 Å². The van der Waals surface area contributed by atoms with Crippen molar-refractivity contribution in [3.05, 3.63) is 58.9 Å². The number of anilines is 1. The highest BCUT2D eigenvalue weighted by molar-refractivity contribution is 5.88. The van der Waals surface area contributed by atoms with E-state index in [0.29, 0.717) is 19.4 Å². The third-order valence-electron chi connectivity index (χ3n) is 7.82. The van der Waals surface area contributed by atoms with E-state index in [1.807, 2.05) is 30.3 Å². The average Bonchev–Trinajstić information content (AvgIpc) is 3.46. The van der Waals surface area contributed by atoms with Crippen molar-refractivity contribution in [3.8, 4) is 5.75 Å². The van der Waals surface area contributed by atoms with Crippen LogP contribution < -0.4 is 9.64 Å². The average molecular weight is 591 g/mol. The van der Waals surface area contributed by atoms with Crippen LogP contribution in [0, 0.1) is 12.7 Å². The maximum Gasteiger partial charge on any atom is 0.336 e. The number of ether oxygens (including phenoxy) is 1. The Morgan fingerprint density at radius 2 is 1.55 bits per heavy atom. The summed E-state index contributed by atoms with van der Waals surface area (Å²) < 4.78 is 20.2. The van der Waals surface area contributed by atoms with E-state index in [9.17, 15) is 23.9 Å². The molecule has 12 heteroatoms. The SMILES string of the molecule is COc1ccccc1C1(O)CCN(Cc2cc(F)c(N3CCCC3)cc2C)CC1.O=C(O)CC(O)(CC(=O)O)C(=O)O. The van der Waals surface area contributed by atoms with Gasteiger partial charge in [0, 0.05) is 38.3 Å². The second kappa shape index (κ2) is 14.0. The van der Waals surface area contributed by atoms with E-state index in [4.69, 9.17) is 25.2 Å². The smallest absolute Gasteiger partial charge is 0.336 e. The predicted octanol–water partition coefficient (Wildman–Crippen LogP) is 2.98. The van der Waals surface area contributed by atoms with Gasteiger partial charge in [-0.15, -0.1) is 0 Å². The second-order valence-electron chi connectivity index (χ2n) is 10.9. The zero-order chi connectivity index (χ0) is 31.1. The predicted molar refractivity (Wildman–Crippen MR) is 151 cm³/mol. The summed E-state index contributed by atoms with van der Waals surface area (Å²) in [6.45, 7) is 6.22. The largest absolute Gasteiger partial charge is 0.496 e. The zero-order valence-corrected chi connectivity index (χ0v) is 23.9. The first-order chi connectivity index (χ1) is 19.8. The Balaban J connectivity index is 0.000000316. The van der Waals surface area contributed by atoms with Gasteiger partial charge in [-0.2, -0.15) is 0 Å². The fourth-order valence-electron chi connectivity index (χ4n) is 5.41. The highest BCUT2D eigenvalue weighted by Crippen LogP contribution is 2.38. The minimum Gasteiger partial charge on any atom is -0.496 e. The van der Waals surface area contributed by atoms with Crippen LogP contribution in [-0.4, -0.2) is 87.2 Å². The molecule has 0 amide bonds. The van der Waals surface area contributed by atoms with E-state index in [2.05, 4.69) is 16.7 Å². The number of nitrogens with zero attached hydrogens (tertiary/aromatic N) is 2. The molecular weight excluding hydrogens is 551 g/mol. The third kappa shape index (κ3) is 8.17. The van der Waals surface area contributed by atoms with Crippen molar-refractivity contribution in [1.82, 2.24) is 4.90 Å². The lowest BCUT2D eigenvalue weighted by atomic mass is 9.83. The van der Waals surface area contributed by atoms with Crippen LogP contribution in [0.25, 0.3) is 0 Å². The Morgan fingerprint density at radius 3 is 2.07 bits per heavy atom. The molecule has 2 aliphatic heterocycles. The van der Waals surface area contributed by atoms with Crippen molar-refractivity contribution in [3.63, 3.8) is 0 Å². The van der Waals surface area contributed by atoms with Crippen LogP contribution in [-0.2, 0) is 26.5 Å². The molecule has 2 fully saturated rings. The second-order valence-corrected chi connectivity index (χ2v) is 10.9. The molecule has 0 atom stereocenters. The summed E-state index contributed by atoms with van der Waals surface area (Å²) in [7, 11) is 1.64. The number of para-hydroxylation sites is 1. The minimum absolute atomic E-state index is 0.116. The van der Waals surface area contributed by atoms with E-state index in [-0.39, 0.29) is 5.82 Å². The van der Waals surface area contributed by atoms with Gasteiger partial charge in [0.2, 0.25) is 0 Å². The summed E-state index contributed by atoms with van der Waals surface area (Å²) >= 11 is 0. The number of carboxylic acid groups (broad SMARTS) is 3. The molecule has 2 aromatic rings. The number of likely N-dealkylation sites (tertiary alicyclic amines) is 1. The van der Waals surface area contributed by atoms with Crippen LogP contribution in [0.2, 0.25) is 0 Å². The standard InChI is InChI=1S/C24H31FN2O2.C6H8O7/c1-18-15-22(27-11-5-6-12-27)21(25)16-19(18)17-26-13-9-24(28,10-14-26)20-7-3-4-8-23(20)29-2;7-3(8)1-6(13,5(11)12)2-4(9)10/h3-4,7-8,15-16,28H,5-6,9-14,17H2,1-2H3;13H,1-2H2,(H,7,8)(H,9,10)(H,11,12). The molecule has 0 aromatic heterocycles. The maximum absolute atomic E-state index is 14.7. The molecule has 42 heavy (non-hydrogen) atoms. The van der Waals surface area contributed by atoms with E-state index < -0.39 is 42.0 Å². The summed E-state index contributed by atoms with van der Waals surface area (Å²) in [6.07, 6.45) is 1.27. The lowest BCUT2D eigenvalue weighted by molar-refractivity contribution is -0.170. The lowest BCUT2D eigenvalue weighted by Gasteiger charge is -2.39. The van der Waals surface area contributed by atoms with Gasteiger partial charge in [0.15, 0.2) is 5.60 Å². The number of rotatable bonds is 10. The Hall–Kier alpha value is -3.74. The van der Waals surface area contributed by atoms with Gasteiger partial charge in [-0.25, -0.2) is 9.18 Å². The van der Waals surface area contributed by atoms with Gasteiger partial charge in [0.05, 0.1) is 31.2 Å². The number of aliphatic carboxylic acids is 3. The van der Waals surface area contributed by atoms with Gasteiger partial charge >= 0.3 is 17.9 Å². The summed E-state index contributed by atoms with van der Waals surface area (Å²) in [5.74, 6) is -4.40. The Kier molecular flexibility index (Phi) is 10.9. The van der Waals surface area contributed by atoms with Crippen molar-refractivity contribution in [2.45, 2.75) is 63.2 Å². The molecule has 0 radical (unpaired) electrons. The molecule has 0 bridgehead atoms. The minimum atomic E-state index is -2.74. The van der Waals surface area contributed by atoms with Crippen LogP contribution >= 0.6 is 0 Å². The highest BCUT2D eigenvalue weighted by atomic mass is 19.1. The van der Waals surface area contributed by atoms with E-state index in [1.54, 1.807) is 13.2 Å². The van der Waals surface area contributed by atoms with Gasteiger partial charge in [-0.1, -0.05) is 18.2 Å². The number of carboxylic acids is 3. The van der Waals surface area contributed by atoms with Crippen molar-refractivity contribution < 1.29 is 49.0 Å². The normalized spacial score (nSPS) is 16.8. The van der Waals surface area contributed by atoms with E-state index in [1.165, 1.54) is 0 Å². The summed E-state index contributed by atoms with van der Waals surface area (Å²) in [4.78, 5) is 34.9. The number of carbonyl (C=O) groups is 3. The Labute approximate surface area is 243 Å². The maximum atomic E-state index is 14.7. The summed E-state index contributed by atoms with van der Waals surface area (Å²) in [5.41, 5.74) is 0.167. The van der Waals surface area contributed by atoms with E-state index >= 15 is 0 Å². The van der Waals surface area contributed by atoms with Crippen LogP contribution in [0.1, 0.15) is 55.2 Å². The fourth-order valence-corrected chi connectivity index (χ4v) is 5.41. The molecule has 2 saturated heterocycles. The molecular formula is C30H39FN2O9. The molecule has 2 aliphatic rings. The molecule has 2 aromatic carbocycles. The number of aryl methyl sites for hydroxylation is 1. The third-order valence-corrected chi connectivity index (χ3v) is 7.82. The molecule has 0 aliphatic carbocycles.